The predicted molar refractivity (Wildman–Crippen MR) is 75.7 cm³/mol. The van der Waals surface area contributed by atoms with E-state index in [1.165, 1.54) is 6.07 Å². The van der Waals surface area contributed by atoms with Crippen LogP contribution in [0, 0.1) is 5.92 Å². The number of fused-ring (bicyclic) bond motifs is 1. The van der Waals surface area contributed by atoms with Crippen LogP contribution in [0.3, 0.4) is 0 Å². The van der Waals surface area contributed by atoms with E-state index in [1.54, 1.807) is 32.0 Å². The van der Waals surface area contributed by atoms with Gasteiger partial charge in [-0.2, -0.15) is 0 Å². The van der Waals surface area contributed by atoms with Crippen LogP contribution in [0.15, 0.2) is 24.3 Å². The summed E-state index contributed by atoms with van der Waals surface area (Å²) in [6.45, 7) is 3.14. The Morgan fingerprint density at radius 1 is 1.18 bits per heavy atom. The number of aliphatic hydroxyl groups is 1. The molecule has 1 atom stereocenters. The molecule has 1 heterocycles. The molecule has 0 saturated carbocycles. The quantitative estimate of drug-likeness (QED) is 0.609. The zero-order valence-corrected chi connectivity index (χ0v) is 12.3. The molecule has 7 nitrogen and oxygen atoms in total. The summed E-state index contributed by atoms with van der Waals surface area (Å²) in [4.78, 5) is 36.5. The summed E-state index contributed by atoms with van der Waals surface area (Å²) < 4.78 is 9.67. The van der Waals surface area contributed by atoms with Crippen LogP contribution in [0.5, 0.6) is 0 Å². The molecule has 0 unspecified atom stereocenters. The van der Waals surface area contributed by atoms with E-state index in [0.29, 0.717) is 5.69 Å². The summed E-state index contributed by atoms with van der Waals surface area (Å²) in [5.41, 5.74) is -1.87. The Bertz CT molecular complexity index is 596. The summed E-state index contributed by atoms with van der Waals surface area (Å²) in [5.74, 6) is -4.65. The van der Waals surface area contributed by atoms with Crippen molar-refractivity contribution in [3.05, 3.63) is 29.8 Å². The number of hydrogen-bond donors (Lipinski definition) is 2. The highest BCUT2D eigenvalue weighted by molar-refractivity contribution is 6.12. The molecular weight excluding hydrogens is 290 g/mol. The number of esters is 2. The Labute approximate surface area is 127 Å². The molecule has 0 bridgehead atoms. The Morgan fingerprint density at radius 3 is 2.27 bits per heavy atom. The minimum absolute atomic E-state index is 0.00802. The van der Waals surface area contributed by atoms with E-state index in [0.717, 1.165) is 0 Å². The van der Waals surface area contributed by atoms with Crippen molar-refractivity contribution >= 4 is 23.5 Å². The van der Waals surface area contributed by atoms with Crippen LogP contribution in [0.4, 0.5) is 5.69 Å². The maximum atomic E-state index is 12.2. The molecule has 2 N–H and O–H groups in total. The van der Waals surface area contributed by atoms with Gasteiger partial charge in [-0.25, -0.2) is 0 Å². The van der Waals surface area contributed by atoms with E-state index < -0.39 is 29.4 Å². The van der Waals surface area contributed by atoms with Gasteiger partial charge in [-0.05, 0) is 19.9 Å². The second kappa shape index (κ2) is 6.15. The molecule has 118 valence electrons. The highest BCUT2D eigenvalue weighted by atomic mass is 16.6. The first kappa shape index (κ1) is 16.0. The van der Waals surface area contributed by atoms with Gasteiger partial charge in [0.15, 0.2) is 11.5 Å². The first-order chi connectivity index (χ1) is 10.5. The maximum absolute atomic E-state index is 12.2. The fraction of sp³-hybridized carbons (Fsp3) is 0.400. The fourth-order valence-electron chi connectivity index (χ4n) is 2.44. The van der Waals surface area contributed by atoms with E-state index in [1.807, 2.05) is 0 Å². The molecule has 0 radical (unpaired) electrons. The second-order valence-electron chi connectivity index (χ2n) is 4.70. The minimum Gasteiger partial charge on any atom is -0.465 e. The molecule has 0 spiro atoms. The number of para-hydroxylation sites is 1. The lowest BCUT2D eigenvalue weighted by atomic mass is 9.82. The lowest BCUT2D eigenvalue weighted by Gasteiger charge is -2.27. The lowest BCUT2D eigenvalue weighted by molar-refractivity contribution is -0.178. The van der Waals surface area contributed by atoms with Gasteiger partial charge < -0.3 is 19.9 Å². The van der Waals surface area contributed by atoms with Crippen LogP contribution in [-0.2, 0) is 29.5 Å². The van der Waals surface area contributed by atoms with Gasteiger partial charge in [-0.3, -0.25) is 14.4 Å². The SMILES string of the molecule is CCOC(=O)C(C(=O)OCC)[C@]1(O)C(=O)Nc2ccccc21. The van der Waals surface area contributed by atoms with Crippen molar-refractivity contribution in [2.24, 2.45) is 5.92 Å². The van der Waals surface area contributed by atoms with Gasteiger partial charge in [0, 0.05) is 11.3 Å². The van der Waals surface area contributed by atoms with Gasteiger partial charge in [-0.1, -0.05) is 18.2 Å². The van der Waals surface area contributed by atoms with Crippen LogP contribution in [0.2, 0.25) is 0 Å². The first-order valence-electron chi connectivity index (χ1n) is 6.93. The highest BCUT2D eigenvalue weighted by Gasteiger charge is 2.58. The van der Waals surface area contributed by atoms with Crippen LogP contribution in [-0.4, -0.2) is 36.2 Å². The number of rotatable bonds is 5. The number of ether oxygens (including phenoxy) is 2. The van der Waals surface area contributed by atoms with Gasteiger partial charge >= 0.3 is 11.9 Å². The van der Waals surface area contributed by atoms with Crippen molar-refractivity contribution in [2.75, 3.05) is 18.5 Å². The van der Waals surface area contributed by atoms with E-state index in [2.05, 4.69) is 5.32 Å². The molecule has 0 saturated heterocycles. The summed E-state index contributed by atoms with van der Waals surface area (Å²) in [6, 6.07) is 6.29. The Hall–Kier alpha value is -2.41. The van der Waals surface area contributed by atoms with Crippen molar-refractivity contribution in [3.8, 4) is 0 Å². The van der Waals surface area contributed by atoms with E-state index in [4.69, 9.17) is 9.47 Å². The van der Waals surface area contributed by atoms with Gasteiger partial charge in [0.05, 0.1) is 13.2 Å². The molecule has 7 heteroatoms. The second-order valence-corrected chi connectivity index (χ2v) is 4.70. The lowest BCUT2D eigenvalue weighted by Crippen LogP contribution is -2.50. The smallest absolute Gasteiger partial charge is 0.324 e. The number of anilines is 1. The molecule has 2 rings (SSSR count). The van der Waals surface area contributed by atoms with E-state index in [9.17, 15) is 19.5 Å². The summed E-state index contributed by atoms with van der Waals surface area (Å²) in [5, 5.41) is 13.3. The minimum atomic E-state index is -2.35. The summed E-state index contributed by atoms with van der Waals surface area (Å²) in [6.07, 6.45) is 0. The average molecular weight is 307 g/mol. The fourth-order valence-corrected chi connectivity index (χ4v) is 2.44. The van der Waals surface area contributed by atoms with Gasteiger partial charge in [0.25, 0.3) is 5.91 Å². The Morgan fingerprint density at radius 2 is 1.73 bits per heavy atom. The Balaban J connectivity index is 2.52. The van der Waals surface area contributed by atoms with E-state index >= 15 is 0 Å². The van der Waals surface area contributed by atoms with Gasteiger partial charge in [0.2, 0.25) is 0 Å². The number of amides is 1. The number of hydrogen-bond acceptors (Lipinski definition) is 6. The topological polar surface area (TPSA) is 102 Å². The largest absolute Gasteiger partial charge is 0.465 e. The molecule has 1 aromatic rings. The molecular formula is C15H17NO6. The van der Waals surface area contributed by atoms with Crippen molar-refractivity contribution in [1.29, 1.82) is 0 Å². The van der Waals surface area contributed by atoms with Crippen LogP contribution in [0.25, 0.3) is 0 Å². The van der Waals surface area contributed by atoms with Crippen molar-refractivity contribution in [3.63, 3.8) is 0 Å². The third-order valence-corrected chi connectivity index (χ3v) is 3.39. The average Bonchev–Trinajstić information content (AvgIpc) is 2.72. The molecule has 1 aliphatic heterocycles. The van der Waals surface area contributed by atoms with Crippen LogP contribution in [0.1, 0.15) is 19.4 Å². The van der Waals surface area contributed by atoms with Crippen molar-refractivity contribution in [2.45, 2.75) is 19.4 Å². The predicted octanol–water partition coefficient (Wildman–Crippen LogP) is 0.569. The number of benzene rings is 1. The molecule has 22 heavy (non-hydrogen) atoms. The highest BCUT2D eigenvalue weighted by Crippen LogP contribution is 2.42. The van der Waals surface area contributed by atoms with Crippen molar-refractivity contribution < 1.29 is 29.0 Å². The van der Waals surface area contributed by atoms with Crippen LogP contribution < -0.4 is 5.32 Å². The maximum Gasteiger partial charge on any atom is 0.324 e. The third kappa shape index (κ3) is 2.43. The van der Waals surface area contributed by atoms with Crippen LogP contribution >= 0.6 is 0 Å². The van der Waals surface area contributed by atoms with E-state index in [-0.39, 0.29) is 18.8 Å². The third-order valence-electron chi connectivity index (χ3n) is 3.39. The standard InChI is InChI=1S/C15H17NO6/c1-3-21-12(17)11(13(18)22-4-2)15(20)9-7-5-6-8-10(9)16-14(15)19/h5-8,11,20H,3-4H2,1-2H3,(H,16,19)/t15-/m0/s1. The molecule has 1 amide bonds. The number of nitrogens with one attached hydrogen (secondary N) is 1. The van der Waals surface area contributed by atoms with Gasteiger partial charge in [0.1, 0.15) is 0 Å². The molecule has 1 aromatic carbocycles. The molecule has 0 aromatic heterocycles. The first-order valence-corrected chi connectivity index (χ1v) is 6.93. The van der Waals surface area contributed by atoms with Gasteiger partial charge in [-0.15, -0.1) is 0 Å². The van der Waals surface area contributed by atoms with Crippen molar-refractivity contribution in [1.82, 2.24) is 0 Å². The zero-order chi connectivity index (χ0) is 16.3. The summed E-state index contributed by atoms with van der Waals surface area (Å²) in [7, 11) is 0. The number of carbonyl (C=O) groups is 3. The molecule has 1 aliphatic rings. The normalized spacial score (nSPS) is 19.5. The molecule has 0 aliphatic carbocycles. The molecule has 0 fully saturated rings. The Kier molecular flexibility index (Phi) is 4.46. The summed E-state index contributed by atoms with van der Waals surface area (Å²) >= 11 is 0. The number of carbonyl (C=O) groups excluding carboxylic acids is 3. The monoisotopic (exact) mass is 307 g/mol. The zero-order valence-electron chi connectivity index (χ0n) is 12.3.